The second-order valence-electron chi connectivity index (χ2n) is 6.03. The normalized spacial score (nSPS) is 23.3. The Kier molecular flexibility index (Phi) is 5.22. The molecule has 0 spiro atoms. The van der Waals surface area contributed by atoms with E-state index in [1.165, 1.54) is 50.1 Å². The van der Waals surface area contributed by atoms with Crippen LogP contribution in [0.3, 0.4) is 0 Å². The molecule has 1 aromatic rings. The Balaban J connectivity index is 1.46. The van der Waals surface area contributed by atoms with E-state index in [2.05, 4.69) is 25.9 Å². The molecule has 1 amide bonds. The number of anilines is 1. The summed E-state index contributed by atoms with van der Waals surface area (Å²) in [5.74, 6) is 0.0771. The minimum Gasteiger partial charge on any atom is -0.313 e. The maximum atomic E-state index is 12.0. The van der Waals surface area contributed by atoms with Gasteiger partial charge in [-0.05, 0) is 45.3 Å². The van der Waals surface area contributed by atoms with Gasteiger partial charge in [0, 0.05) is 24.4 Å². The van der Waals surface area contributed by atoms with Crippen molar-refractivity contribution in [3.63, 3.8) is 0 Å². The van der Waals surface area contributed by atoms with E-state index >= 15 is 0 Å². The SMILES string of the molecule is O=C(CC1CCCN1)Nc1nc(CN2CCCCC2)cs1. The Morgan fingerprint density at radius 1 is 1.38 bits per heavy atom. The number of hydrogen-bond donors (Lipinski definition) is 2. The van der Waals surface area contributed by atoms with E-state index in [1.807, 2.05) is 0 Å². The lowest BCUT2D eigenvalue weighted by atomic mass is 10.1. The van der Waals surface area contributed by atoms with Gasteiger partial charge in [-0.3, -0.25) is 9.69 Å². The Labute approximate surface area is 130 Å². The number of carbonyl (C=O) groups excluding carboxylic acids is 1. The minimum atomic E-state index is 0.0771. The molecule has 1 atom stereocenters. The molecule has 0 saturated carbocycles. The number of aromatic nitrogens is 1. The number of rotatable bonds is 5. The van der Waals surface area contributed by atoms with Crippen molar-refractivity contribution in [2.75, 3.05) is 25.0 Å². The van der Waals surface area contributed by atoms with E-state index in [0.29, 0.717) is 12.5 Å². The molecule has 0 radical (unpaired) electrons. The van der Waals surface area contributed by atoms with Crippen molar-refractivity contribution in [1.82, 2.24) is 15.2 Å². The largest absolute Gasteiger partial charge is 0.313 e. The number of amides is 1. The first-order chi connectivity index (χ1) is 10.3. The van der Waals surface area contributed by atoms with Crippen LogP contribution in [0.5, 0.6) is 0 Å². The zero-order chi connectivity index (χ0) is 14.5. The second kappa shape index (κ2) is 7.33. The quantitative estimate of drug-likeness (QED) is 0.875. The van der Waals surface area contributed by atoms with E-state index in [9.17, 15) is 4.79 Å². The van der Waals surface area contributed by atoms with Crippen LogP contribution in [-0.4, -0.2) is 41.5 Å². The fourth-order valence-corrected chi connectivity index (χ4v) is 3.83. The molecule has 0 aliphatic carbocycles. The fraction of sp³-hybridized carbons (Fsp3) is 0.733. The monoisotopic (exact) mass is 308 g/mol. The van der Waals surface area contributed by atoms with Gasteiger partial charge in [0.1, 0.15) is 0 Å². The highest BCUT2D eigenvalue weighted by molar-refractivity contribution is 7.13. The Morgan fingerprint density at radius 2 is 2.24 bits per heavy atom. The number of nitrogens with one attached hydrogen (secondary N) is 2. The van der Waals surface area contributed by atoms with Gasteiger partial charge in [0.05, 0.1) is 5.69 Å². The van der Waals surface area contributed by atoms with Crippen LogP contribution in [0.2, 0.25) is 0 Å². The Bertz CT molecular complexity index is 464. The molecule has 5 nitrogen and oxygen atoms in total. The zero-order valence-electron chi connectivity index (χ0n) is 12.4. The highest BCUT2D eigenvalue weighted by atomic mass is 32.1. The molecule has 21 heavy (non-hydrogen) atoms. The summed E-state index contributed by atoms with van der Waals surface area (Å²) in [6, 6.07) is 0.345. The van der Waals surface area contributed by atoms with Crippen molar-refractivity contribution in [3.05, 3.63) is 11.1 Å². The van der Waals surface area contributed by atoms with E-state index in [4.69, 9.17) is 0 Å². The third-order valence-corrected chi connectivity index (χ3v) is 5.03. The summed E-state index contributed by atoms with van der Waals surface area (Å²) in [5.41, 5.74) is 1.08. The molecule has 2 N–H and O–H groups in total. The lowest BCUT2D eigenvalue weighted by molar-refractivity contribution is -0.116. The summed E-state index contributed by atoms with van der Waals surface area (Å²) in [7, 11) is 0. The topological polar surface area (TPSA) is 57.3 Å². The van der Waals surface area contributed by atoms with Gasteiger partial charge in [-0.25, -0.2) is 4.98 Å². The summed E-state index contributed by atoms with van der Waals surface area (Å²) in [6.45, 7) is 4.30. The first-order valence-corrected chi connectivity index (χ1v) is 8.87. The van der Waals surface area contributed by atoms with Crippen LogP contribution in [0.15, 0.2) is 5.38 Å². The minimum absolute atomic E-state index is 0.0771. The first-order valence-electron chi connectivity index (χ1n) is 7.99. The van der Waals surface area contributed by atoms with Crippen LogP contribution in [0.1, 0.15) is 44.2 Å². The average molecular weight is 308 g/mol. The maximum Gasteiger partial charge on any atom is 0.227 e. The molecule has 2 fully saturated rings. The molecule has 3 rings (SSSR count). The van der Waals surface area contributed by atoms with Crippen molar-refractivity contribution in [3.8, 4) is 0 Å². The molecule has 2 aliphatic rings. The molecule has 3 heterocycles. The van der Waals surface area contributed by atoms with Gasteiger partial charge in [0.2, 0.25) is 5.91 Å². The highest BCUT2D eigenvalue weighted by Gasteiger charge is 2.18. The molecule has 1 unspecified atom stereocenters. The van der Waals surface area contributed by atoms with Gasteiger partial charge >= 0.3 is 0 Å². The van der Waals surface area contributed by atoms with Crippen LogP contribution in [0, 0.1) is 0 Å². The number of thiazole rings is 1. The van der Waals surface area contributed by atoms with Crippen molar-refractivity contribution in [1.29, 1.82) is 0 Å². The van der Waals surface area contributed by atoms with Crippen molar-refractivity contribution in [2.24, 2.45) is 0 Å². The number of carbonyl (C=O) groups is 1. The van der Waals surface area contributed by atoms with Gasteiger partial charge in [-0.2, -0.15) is 0 Å². The number of hydrogen-bond acceptors (Lipinski definition) is 5. The Morgan fingerprint density at radius 3 is 3.00 bits per heavy atom. The zero-order valence-corrected chi connectivity index (χ0v) is 13.3. The highest BCUT2D eigenvalue weighted by Crippen LogP contribution is 2.19. The smallest absolute Gasteiger partial charge is 0.227 e. The van der Waals surface area contributed by atoms with Crippen molar-refractivity contribution < 1.29 is 4.79 Å². The van der Waals surface area contributed by atoms with Crippen LogP contribution < -0.4 is 10.6 Å². The predicted octanol–water partition coefficient (Wildman–Crippen LogP) is 2.21. The van der Waals surface area contributed by atoms with Crippen LogP contribution >= 0.6 is 11.3 Å². The summed E-state index contributed by atoms with van der Waals surface area (Å²) >= 11 is 1.53. The molecule has 116 valence electrons. The molecule has 1 aromatic heterocycles. The molecule has 0 aromatic carbocycles. The van der Waals surface area contributed by atoms with E-state index in [0.717, 1.165) is 30.3 Å². The van der Waals surface area contributed by atoms with Crippen molar-refractivity contribution in [2.45, 2.75) is 51.1 Å². The third kappa shape index (κ3) is 4.49. The van der Waals surface area contributed by atoms with Gasteiger partial charge in [-0.15, -0.1) is 11.3 Å². The van der Waals surface area contributed by atoms with Gasteiger partial charge in [0.15, 0.2) is 5.13 Å². The first kappa shape index (κ1) is 14.9. The van der Waals surface area contributed by atoms with Crippen LogP contribution in [0.4, 0.5) is 5.13 Å². The predicted molar refractivity (Wildman–Crippen MR) is 85.5 cm³/mol. The van der Waals surface area contributed by atoms with E-state index < -0.39 is 0 Å². The summed E-state index contributed by atoms with van der Waals surface area (Å²) in [5, 5.41) is 9.09. The average Bonchev–Trinajstić information content (AvgIpc) is 3.12. The van der Waals surface area contributed by atoms with E-state index in [-0.39, 0.29) is 5.91 Å². The van der Waals surface area contributed by atoms with E-state index in [1.54, 1.807) is 0 Å². The number of piperidine rings is 1. The van der Waals surface area contributed by atoms with Crippen LogP contribution in [0.25, 0.3) is 0 Å². The van der Waals surface area contributed by atoms with Gasteiger partial charge in [0.25, 0.3) is 0 Å². The van der Waals surface area contributed by atoms with Crippen molar-refractivity contribution >= 4 is 22.4 Å². The molecule has 0 bridgehead atoms. The maximum absolute atomic E-state index is 12.0. The third-order valence-electron chi connectivity index (χ3n) is 4.23. The molecular weight excluding hydrogens is 284 g/mol. The summed E-state index contributed by atoms with van der Waals surface area (Å²) in [6.07, 6.45) is 6.77. The lowest BCUT2D eigenvalue weighted by Crippen LogP contribution is -2.29. The Hall–Kier alpha value is -0.980. The lowest BCUT2D eigenvalue weighted by Gasteiger charge is -2.25. The summed E-state index contributed by atoms with van der Waals surface area (Å²) in [4.78, 5) is 19.0. The second-order valence-corrected chi connectivity index (χ2v) is 6.88. The van der Waals surface area contributed by atoms with Gasteiger partial charge in [-0.1, -0.05) is 6.42 Å². The fourth-order valence-electron chi connectivity index (χ4n) is 3.11. The summed E-state index contributed by atoms with van der Waals surface area (Å²) < 4.78 is 0. The van der Waals surface area contributed by atoms with Crippen LogP contribution in [-0.2, 0) is 11.3 Å². The number of nitrogens with zero attached hydrogens (tertiary/aromatic N) is 2. The number of likely N-dealkylation sites (tertiary alicyclic amines) is 1. The molecule has 2 aliphatic heterocycles. The molecular formula is C15H24N4OS. The van der Waals surface area contributed by atoms with Gasteiger partial charge < -0.3 is 10.6 Å². The molecule has 2 saturated heterocycles. The molecule has 6 heteroatoms. The standard InChI is InChI=1S/C15H24N4OS/c20-14(9-12-5-4-6-16-12)18-15-17-13(11-21-15)10-19-7-2-1-3-8-19/h11-12,16H,1-10H2,(H,17,18,20).